The van der Waals surface area contributed by atoms with Gasteiger partial charge in [0.25, 0.3) is 0 Å². The van der Waals surface area contributed by atoms with E-state index in [2.05, 4.69) is 11.9 Å². The molecule has 4 nitrogen and oxygen atoms in total. The summed E-state index contributed by atoms with van der Waals surface area (Å²) >= 11 is 0. The van der Waals surface area contributed by atoms with Crippen molar-refractivity contribution in [3.8, 4) is 5.75 Å². The molecule has 0 fully saturated rings. The molecule has 0 bridgehead atoms. The minimum Gasteiger partial charge on any atom is -0.494 e. The van der Waals surface area contributed by atoms with Crippen LogP contribution in [0, 0.1) is 0 Å². The standard InChI is InChI=1S/C17H21NO3/c1-4-8-21-15-6-7-16-12(3)18-11-14(9-13(16)10-15)17(19)20-5-2/h6-7,9-10H,4-5,8,11H2,1-3H3. The van der Waals surface area contributed by atoms with Crippen molar-refractivity contribution in [2.75, 3.05) is 19.8 Å². The average molecular weight is 287 g/mol. The Bertz CT molecular complexity index is 588. The van der Waals surface area contributed by atoms with Gasteiger partial charge in [-0.1, -0.05) is 6.92 Å². The number of hydrogen-bond donors (Lipinski definition) is 0. The normalized spacial score (nSPS) is 13.7. The smallest absolute Gasteiger partial charge is 0.335 e. The Morgan fingerprint density at radius 1 is 1.33 bits per heavy atom. The number of fused-ring (bicyclic) bond motifs is 1. The molecule has 0 unspecified atom stereocenters. The second-order valence-corrected chi connectivity index (χ2v) is 4.89. The third-order valence-electron chi connectivity index (χ3n) is 3.24. The van der Waals surface area contributed by atoms with Crippen LogP contribution in [0.1, 0.15) is 38.3 Å². The van der Waals surface area contributed by atoms with Crippen LogP contribution in [0.25, 0.3) is 6.08 Å². The first-order valence-corrected chi connectivity index (χ1v) is 7.31. The lowest BCUT2D eigenvalue weighted by molar-refractivity contribution is -0.138. The van der Waals surface area contributed by atoms with E-state index in [9.17, 15) is 4.79 Å². The van der Waals surface area contributed by atoms with Gasteiger partial charge >= 0.3 is 5.97 Å². The van der Waals surface area contributed by atoms with Crippen molar-refractivity contribution in [2.45, 2.75) is 27.2 Å². The van der Waals surface area contributed by atoms with E-state index in [1.165, 1.54) is 0 Å². The molecule has 0 saturated carbocycles. The van der Waals surface area contributed by atoms with Crippen LogP contribution >= 0.6 is 0 Å². The van der Waals surface area contributed by atoms with E-state index in [4.69, 9.17) is 9.47 Å². The summed E-state index contributed by atoms with van der Waals surface area (Å²) in [5.74, 6) is 0.506. The summed E-state index contributed by atoms with van der Waals surface area (Å²) in [6.07, 6.45) is 2.81. The lowest BCUT2D eigenvalue weighted by Crippen LogP contribution is -2.09. The number of hydrogen-bond acceptors (Lipinski definition) is 4. The fourth-order valence-electron chi connectivity index (χ4n) is 2.17. The van der Waals surface area contributed by atoms with Crippen molar-refractivity contribution in [2.24, 2.45) is 4.99 Å². The number of benzene rings is 1. The molecule has 112 valence electrons. The summed E-state index contributed by atoms with van der Waals surface area (Å²) in [5, 5.41) is 0. The van der Waals surface area contributed by atoms with Gasteiger partial charge < -0.3 is 9.47 Å². The van der Waals surface area contributed by atoms with Crippen molar-refractivity contribution < 1.29 is 14.3 Å². The summed E-state index contributed by atoms with van der Waals surface area (Å²) in [6, 6.07) is 5.88. The second-order valence-electron chi connectivity index (χ2n) is 4.89. The fraction of sp³-hybridized carbons (Fsp3) is 0.412. The summed E-state index contributed by atoms with van der Waals surface area (Å²) in [6.45, 7) is 7.22. The Kier molecular flexibility index (Phi) is 5.14. The van der Waals surface area contributed by atoms with E-state index < -0.39 is 0 Å². The zero-order chi connectivity index (χ0) is 15.2. The predicted molar refractivity (Wildman–Crippen MR) is 83.9 cm³/mol. The second kappa shape index (κ2) is 7.07. The highest BCUT2D eigenvalue weighted by Crippen LogP contribution is 2.24. The zero-order valence-corrected chi connectivity index (χ0v) is 12.8. The average Bonchev–Trinajstić information content (AvgIpc) is 2.64. The highest BCUT2D eigenvalue weighted by Gasteiger charge is 2.16. The number of nitrogens with zero attached hydrogens (tertiary/aromatic N) is 1. The maximum Gasteiger partial charge on any atom is 0.335 e. The van der Waals surface area contributed by atoms with Gasteiger partial charge in [0.05, 0.1) is 25.3 Å². The molecule has 1 heterocycles. The van der Waals surface area contributed by atoms with Gasteiger partial charge in [-0.2, -0.15) is 0 Å². The van der Waals surface area contributed by atoms with Gasteiger partial charge in [-0.15, -0.1) is 0 Å². The van der Waals surface area contributed by atoms with Crippen molar-refractivity contribution in [3.05, 3.63) is 34.9 Å². The number of ether oxygens (including phenoxy) is 2. The van der Waals surface area contributed by atoms with Gasteiger partial charge in [-0.05, 0) is 50.1 Å². The van der Waals surface area contributed by atoms with E-state index in [0.717, 1.165) is 29.0 Å². The van der Waals surface area contributed by atoms with E-state index >= 15 is 0 Å². The van der Waals surface area contributed by atoms with Crippen LogP contribution in [-0.4, -0.2) is 31.4 Å². The molecule has 0 amide bonds. The highest BCUT2D eigenvalue weighted by molar-refractivity contribution is 6.05. The Balaban J connectivity index is 2.36. The van der Waals surface area contributed by atoms with Crippen molar-refractivity contribution in [1.82, 2.24) is 0 Å². The summed E-state index contributed by atoms with van der Waals surface area (Å²) < 4.78 is 10.7. The molecule has 0 radical (unpaired) electrons. The molecule has 2 rings (SSSR count). The summed E-state index contributed by atoms with van der Waals surface area (Å²) in [5.41, 5.74) is 3.47. The van der Waals surface area contributed by atoms with Crippen LogP contribution < -0.4 is 4.74 Å². The molecule has 1 aliphatic heterocycles. The first-order chi connectivity index (χ1) is 10.2. The fourth-order valence-corrected chi connectivity index (χ4v) is 2.17. The predicted octanol–water partition coefficient (Wildman–Crippen LogP) is 3.24. The minimum absolute atomic E-state index is 0.304. The number of esters is 1. The molecule has 0 aromatic heterocycles. The largest absolute Gasteiger partial charge is 0.494 e. The minimum atomic E-state index is -0.304. The van der Waals surface area contributed by atoms with Gasteiger partial charge in [0.15, 0.2) is 0 Å². The summed E-state index contributed by atoms with van der Waals surface area (Å²) in [4.78, 5) is 16.4. The van der Waals surface area contributed by atoms with Gasteiger partial charge in [-0.25, -0.2) is 4.79 Å². The number of rotatable bonds is 5. The van der Waals surface area contributed by atoms with Crippen LogP contribution in [0.5, 0.6) is 5.75 Å². The summed E-state index contributed by atoms with van der Waals surface area (Å²) in [7, 11) is 0. The maximum absolute atomic E-state index is 11.9. The molecule has 21 heavy (non-hydrogen) atoms. The lowest BCUT2D eigenvalue weighted by Gasteiger charge is -2.09. The van der Waals surface area contributed by atoms with Crippen LogP contribution in [0.4, 0.5) is 0 Å². The monoisotopic (exact) mass is 287 g/mol. The SMILES string of the molecule is CCCOc1ccc2c(c1)C=C(C(=O)OCC)CN=C2C. The van der Waals surface area contributed by atoms with Crippen LogP contribution in [0.3, 0.4) is 0 Å². The van der Waals surface area contributed by atoms with Crippen molar-refractivity contribution in [1.29, 1.82) is 0 Å². The number of aliphatic imine (C=N–C) groups is 1. The molecule has 1 aliphatic rings. The van der Waals surface area contributed by atoms with E-state index in [1.807, 2.05) is 31.2 Å². The molecule has 1 aromatic carbocycles. The Morgan fingerprint density at radius 3 is 2.86 bits per heavy atom. The third-order valence-corrected chi connectivity index (χ3v) is 3.24. The molecule has 0 N–H and O–H groups in total. The van der Waals surface area contributed by atoms with Gasteiger partial charge in [0.1, 0.15) is 5.75 Å². The first-order valence-electron chi connectivity index (χ1n) is 7.31. The molecule has 1 aromatic rings. The van der Waals surface area contributed by atoms with Gasteiger partial charge in [0.2, 0.25) is 0 Å². The Labute approximate surface area is 125 Å². The molecule has 0 atom stereocenters. The maximum atomic E-state index is 11.9. The van der Waals surface area contributed by atoms with Gasteiger partial charge in [-0.3, -0.25) is 4.99 Å². The molecular formula is C17H21NO3. The van der Waals surface area contributed by atoms with Crippen molar-refractivity contribution in [3.63, 3.8) is 0 Å². The first kappa shape index (κ1) is 15.3. The molecule has 0 aliphatic carbocycles. The number of carbonyl (C=O) groups is 1. The molecule has 0 spiro atoms. The Morgan fingerprint density at radius 2 is 2.14 bits per heavy atom. The quantitative estimate of drug-likeness (QED) is 0.781. The van der Waals surface area contributed by atoms with Crippen LogP contribution in [-0.2, 0) is 9.53 Å². The van der Waals surface area contributed by atoms with Crippen molar-refractivity contribution >= 4 is 17.8 Å². The van der Waals surface area contributed by atoms with E-state index in [0.29, 0.717) is 25.3 Å². The molecular weight excluding hydrogens is 266 g/mol. The molecule has 4 heteroatoms. The molecule has 0 saturated heterocycles. The van der Waals surface area contributed by atoms with Crippen LogP contribution in [0.15, 0.2) is 28.8 Å². The van der Waals surface area contributed by atoms with E-state index in [1.54, 1.807) is 6.92 Å². The lowest BCUT2D eigenvalue weighted by atomic mass is 10.0. The topological polar surface area (TPSA) is 47.9 Å². The number of carbonyl (C=O) groups excluding carboxylic acids is 1. The van der Waals surface area contributed by atoms with Crippen LogP contribution in [0.2, 0.25) is 0 Å². The van der Waals surface area contributed by atoms with E-state index in [-0.39, 0.29) is 5.97 Å². The highest BCUT2D eigenvalue weighted by atomic mass is 16.5. The Hall–Kier alpha value is -2.10. The van der Waals surface area contributed by atoms with Gasteiger partial charge in [0, 0.05) is 11.3 Å². The zero-order valence-electron chi connectivity index (χ0n) is 12.8. The third kappa shape index (κ3) is 3.72.